The first kappa shape index (κ1) is 25.4. The molecule has 1 saturated heterocycles. The number of Topliss-reactive ketones (excluding diaryl/α,β-unsaturated/α-hetero) is 1. The third-order valence-electron chi connectivity index (χ3n) is 8.02. The van der Waals surface area contributed by atoms with Crippen LogP contribution < -0.4 is 10.2 Å². The fourth-order valence-electron chi connectivity index (χ4n) is 5.19. The lowest BCUT2D eigenvalue weighted by molar-refractivity contribution is -0.117. The monoisotopic (exact) mass is 492 g/mol. The predicted octanol–water partition coefficient (Wildman–Crippen LogP) is 5.12. The van der Waals surface area contributed by atoms with Gasteiger partial charge in [-0.1, -0.05) is 27.2 Å². The summed E-state index contributed by atoms with van der Waals surface area (Å²) in [7, 11) is 0. The first-order chi connectivity index (χ1) is 16.7. The second-order valence-corrected chi connectivity index (χ2v) is 11.6. The number of rotatable bonds is 7. The normalized spacial score (nSPS) is 18.6. The van der Waals surface area contributed by atoms with Gasteiger partial charge in [-0.3, -0.25) is 14.5 Å². The number of piperazine rings is 1. The van der Waals surface area contributed by atoms with Crippen molar-refractivity contribution in [3.8, 4) is 6.07 Å². The van der Waals surface area contributed by atoms with E-state index >= 15 is 0 Å². The van der Waals surface area contributed by atoms with Crippen molar-refractivity contribution < 1.29 is 9.59 Å². The largest absolute Gasteiger partial charge is 0.369 e. The molecular weight excluding hydrogens is 456 g/mol. The number of amides is 1. The van der Waals surface area contributed by atoms with E-state index < -0.39 is 0 Å². The molecule has 1 N–H and O–H groups in total. The maximum Gasteiger partial charge on any atom is 0.239 e. The first-order valence-electron chi connectivity index (χ1n) is 12.6. The van der Waals surface area contributed by atoms with Crippen molar-refractivity contribution in [3.05, 3.63) is 45.8 Å². The van der Waals surface area contributed by atoms with Gasteiger partial charge in [0.1, 0.15) is 11.1 Å². The summed E-state index contributed by atoms with van der Waals surface area (Å²) in [5.41, 5.74) is 3.94. The Morgan fingerprint density at radius 2 is 1.86 bits per heavy atom. The summed E-state index contributed by atoms with van der Waals surface area (Å²) < 4.78 is 0. The molecule has 1 aliphatic heterocycles. The van der Waals surface area contributed by atoms with Crippen LogP contribution in [0.5, 0.6) is 0 Å². The van der Waals surface area contributed by atoms with Gasteiger partial charge in [-0.2, -0.15) is 5.26 Å². The fourth-order valence-corrected chi connectivity index (χ4v) is 6.48. The van der Waals surface area contributed by atoms with Gasteiger partial charge in [0.25, 0.3) is 0 Å². The minimum atomic E-state index is -0.0511. The molecule has 2 aliphatic rings. The van der Waals surface area contributed by atoms with Gasteiger partial charge in [-0.25, -0.2) is 0 Å². The molecule has 0 spiro atoms. The highest BCUT2D eigenvalue weighted by Crippen LogP contribution is 2.45. The number of hydrogen-bond donors (Lipinski definition) is 1. The van der Waals surface area contributed by atoms with Crippen molar-refractivity contribution in [2.75, 3.05) is 42.9 Å². The Kier molecular flexibility index (Phi) is 7.63. The molecule has 1 atom stereocenters. The van der Waals surface area contributed by atoms with Crippen molar-refractivity contribution in [2.24, 2.45) is 11.3 Å². The van der Waals surface area contributed by atoms with Crippen molar-refractivity contribution in [3.63, 3.8) is 0 Å². The van der Waals surface area contributed by atoms with E-state index in [9.17, 15) is 14.9 Å². The Labute approximate surface area is 212 Å². The highest BCUT2D eigenvalue weighted by Gasteiger charge is 2.34. The van der Waals surface area contributed by atoms with E-state index in [0.29, 0.717) is 18.0 Å². The second kappa shape index (κ2) is 10.5. The molecular formula is C28H36N4O2S. The molecule has 1 fully saturated rings. The summed E-state index contributed by atoms with van der Waals surface area (Å²) in [4.78, 5) is 30.1. The number of hydrogen-bond acceptors (Lipinski definition) is 6. The smallest absolute Gasteiger partial charge is 0.239 e. The van der Waals surface area contributed by atoms with Crippen LogP contribution >= 0.6 is 11.3 Å². The number of carbonyl (C=O) groups is 2. The first-order valence-corrected chi connectivity index (χ1v) is 13.5. The minimum absolute atomic E-state index is 0.0511. The number of carbonyl (C=O) groups excluding carboxylic acids is 2. The molecule has 186 valence electrons. The molecule has 0 bridgehead atoms. The zero-order chi connectivity index (χ0) is 25.2. The molecule has 6 nitrogen and oxygen atoms in total. The van der Waals surface area contributed by atoms with E-state index in [2.05, 4.69) is 42.0 Å². The number of thiophene rings is 1. The van der Waals surface area contributed by atoms with E-state index in [1.54, 1.807) is 18.3 Å². The molecule has 1 aliphatic carbocycles. The SMILES string of the molecule is CCC(C)(C)C1CCc2c(sc(NC(=O)CN3CCN(c4ccc(C(C)=O)cc4)CC3)c2C#N)C1. The number of ketones is 1. The van der Waals surface area contributed by atoms with E-state index in [1.165, 1.54) is 4.88 Å². The summed E-state index contributed by atoms with van der Waals surface area (Å²) in [6.45, 7) is 12.1. The van der Waals surface area contributed by atoms with E-state index in [4.69, 9.17) is 0 Å². The number of benzene rings is 1. The van der Waals surface area contributed by atoms with E-state index in [0.717, 1.165) is 73.7 Å². The highest BCUT2D eigenvalue weighted by molar-refractivity contribution is 7.16. The Morgan fingerprint density at radius 3 is 2.46 bits per heavy atom. The van der Waals surface area contributed by atoms with E-state index in [-0.39, 0.29) is 17.1 Å². The molecule has 1 unspecified atom stereocenters. The average molecular weight is 493 g/mol. The van der Waals surface area contributed by atoms with Gasteiger partial charge in [0.05, 0.1) is 12.1 Å². The van der Waals surface area contributed by atoms with Crippen molar-refractivity contribution >= 4 is 33.7 Å². The zero-order valence-corrected chi connectivity index (χ0v) is 22.1. The lowest BCUT2D eigenvalue weighted by atomic mass is 9.69. The highest BCUT2D eigenvalue weighted by atomic mass is 32.1. The van der Waals surface area contributed by atoms with Gasteiger partial charge < -0.3 is 10.2 Å². The number of fused-ring (bicyclic) bond motifs is 1. The van der Waals surface area contributed by atoms with Crippen LogP contribution in [0.2, 0.25) is 0 Å². The molecule has 2 heterocycles. The topological polar surface area (TPSA) is 76.4 Å². The quantitative estimate of drug-likeness (QED) is 0.543. The van der Waals surface area contributed by atoms with Gasteiger partial charge in [0.15, 0.2) is 5.78 Å². The molecule has 1 amide bonds. The molecule has 4 rings (SSSR count). The Balaban J connectivity index is 1.33. The third kappa shape index (κ3) is 5.60. The number of nitrogens with zero attached hydrogens (tertiary/aromatic N) is 3. The van der Waals surface area contributed by atoms with Crippen LogP contribution in [0.4, 0.5) is 10.7 Å². The Morgan fingerprint density at radius 1 is 1.17 bits per heavy atom. The number of nitrogens with one attached hydrogen (secondary N) is 1. The van der Waals surface area contributed by atoms with Crippen LogP contribution in [0.1, 0.15) is 66.9 Å². The molecule has 0 radical (unpaired) electrons. The molecule has 35 heavy (non-hydrogen) atoms. The van der Waals surface area contributed by atoms with Crippen molar-refractivity contribution in [1.82, 2.24) is 4.90 Å². The second-order valence-electron chi connectivity index (χ2n) is 10.5. The summed E-state index contributed by atoms with van der Waals surface area (Å²) >= 11 is 1.60. The molecule has 2 aromatic rings. The van der Waals surface area contributed by atoms with Crippen LogP contribution in [0.25, 0.3) is 0 Å². The Bertz CT molecular complexity index is 1120. The summed E-state index contributed by atoms with van der Waals surface area (Å²) in [5, 5.41) is 13.6. The molecule has 7 heteroatoms. The maximum absolute atomic E-state index is 12.9. The fraction of sp³-hybridized carbons (Fsp3) is 0.536. The van der Waals surface area contributed by atoms with Crippen LogP contribution in [-0.4, -0.2) is 49.3 Å². The maximum atomic E-state index is 12.9. The lowest BCUT2D eigenvalue weighted by Gasteiger charge is -2.36. The zero-order valence-electron chi connectivity index (χ0n) is 21.3. The summed E-state index contributed by atoms with van der Waals surface area (Å²) in [5.74, 6) is 0.636. The lowest BCUT2D eigenvalue weighted by Crippen LogP contribution is -2.48. The van der Waals surface area contributed by atoms with Gasteiger partial charge in [-0.15, -0.1) is 11.3 Å². The molecule has 1 aromatic carbocycles. The number of nitriles is 1. The molecule has 1 aromatic heterocycles. The van der Waals surface area contributed by atoms with Crippen LogP contribution in [0.3, 0.4) is 0 Å². The van der Waals surface area contributed by atoms with E-state index in [1.807, 2.05) is 24.3 Å². The van der Waals surface area contributed by atoms with Crippen LogP contribution in [-0.2, 0) is 17.6 Å². The standard InChI is InChI=1S/C28H36N4O2S/c1-5-28(3,4)21-8-11-23-24(17-29)27(35-25(23)16-21)30-26(34)18-31-12-14-32(15-13-31)22-9-6-20(7-10-22)19(2)33/h6-7,9-10,21H,5,8,11-16,18H2,1-4H3,(H,30,34). The van der Waals surface area contributed by atoms with Gasteiger partial charge >= 0.3 is 0 Å². The van der Waals surface area contributed by atoms with Crippen molar-refractivity contribution in [2.45, 2.75) is 53.4 Å². The van der Waals surface area contributed by atoms with Gasteiger partial charge in [-0.05, 0) is 67.3 Å². The predicted molar refractivity (Wildman–Crippen MR) is 142 cm³/mol. The number of anilines is 2. The average Bonchev–Trinajstić information content (AvgIpc) is 3.20. The van der Waals surface area contributed by atoms with Crippen LogP contribution in [0.15, 0.2) is 24.3 Å². The van der Waals surface area contributed by atoms with Gasteiger partial charge in [0, 0.05) is 42.3 Å². The van der Waals surface area contributed by atoms with Crippen molar-refractivity contribution in [1.29, 1.82) is 5.26 Å². The summed E-state index contributed by atoms with van der Waals surface area (Å²) in [6, 6.07) is 10.1. The van der Waals surface area contributed by atoms with Gasteiger partial charge in [0.2, 0.25) is 5.91 Å². The third-order valence-corrected chi connectivity index (χ3v) is 9.19. The van der Waals surface area contributed by atoms with Crippen LogP contribution in [0, 0.1) is 22.7 Å². The molecule has 0 saturated carbocycles. The summed E-state index contributed by atoms with van der Waals surface area (Å²) in [6.07, 6.45) is 4.17. The minimum Gasteiger partial charge on any atom is -0.369 e. The Hall–Kier alpha value is -2.69.